The lowest BCUT2D eigenvalue weighted by atomic mass is 10.2. The van der Waals surface area contributed by atoms with E-state index in [0.717, 1.165) is 5.69 Å². The summed E-state index contributed by atoms with van der Waals surface area (Å²) in [6.07, 6.45) is 0.370. The Morgan fingerprint density at radius 2 is 1.97 bits per heavy atom. The molecule has 2 fully saturated rings. The van der Waals surface area contributed by atoms with E-state index in [0.29, 0.717) is 43.1 Å². The number of hydrogen-bond donors (Lipinski definition) is 0. The first kappa shape index (κ1) is 23.7. The number of benzene rings is 1. The zero-order valence-corrected chi connectivity index (χ0v) is 20.0. The maximum absolute atomic E-state index is 15.1. The van der Waals surface area contributed by atoms with Crippen molar-refractivity contribution < 1.29 is 23.5 Å². The molecule has 2 aliphatic rings. The largest absolute Gasteiger partial charge is 0.474 e. The molecule has 2 amide bonds. The van der Waals surface area contributed by atoms with E-state index in [1.165, 1.54) is 23.0 Å². The number of halogens is 1. The van der Waals surface area contributed by atoms with Crippen molar-refractivity contribution in [3.63, 3.8) is 0 Å². The number of amides is 2. The number of nitrogens with zero attached hydrogens (tertiary/aromatic N) is 5. The molecule has 0 saturated carbocycles. The van der Waals surface area contributed by atoms with Crippen LogP contribution in [0.15, 0.2) is 36.5 Å². The van der Waals surface area contributed by atoms with E-state index in [1.807, 2.05) is 17.9 Å². The highest BCUT2D eigenvalue weighted by Crippen LogP contribution is 2.29. The summed E-state index contributed by atoms with van der Waals surface area (Å²) in [7, 11) is 3.10. The van der Waals surface area contributed by atoms with E-state index in [2.05, 4.69) is 4.98 Å². The molecule has 34 heavy (non-hydrogen) atoms. The summed E-state index contributed by atoms with van der Waals surface area (Å²) >= 11 is 5.08. The highest BCUT2D eigenvalue weighted by Gasteiger charge is 2.36. The third-order valence-electron chi connectivity index (χ3n) is 6.00. The fourth-order valence-electron chi connectivity index (χ4n) is 3.97. The minimum atomic E-state index is -0.628. The molecule has 9 nitrogen and oxygen atoms in total. The quantitative estimate of drug-likeness (QED) is 0.610. The molecule has 0 radical (unpaired) electrons. The molecule has 11 heteroatoms. The van der Waals surface area contributed by atoms with Gasteiger partial charge in [-0.05, 0) is 49.5 Å². The van der Waals surface area contributed by atoms with Crippen molar-refractivity contribution in [3.8, 4) is 0 Å². The number of hydrogen-bond acceptors (Lipinski definition) is 7. The Bertz CT molecular complexity index is 1090. The topological polar surface area (TPSA) is 78.5 Å². The molecule has 1 unspecified atom stereocenters. The molecule has 3 heterocycles. The number of likely N-dealkylation sites (N-methyl/N-ethyl adjacent to an activating group) is 1. The predicted octanol–water partition coefficient (Wildman–Crippen LogP) is 2.64. The first-order chi connectivity index (χ1) is 16.3. The minimum Gasteiger partial charge on any atom is -0.474 e. The number of cyclic esters (lactones) is 1. The second kappa shape index (κ2) is 9.80. The van der Waals surface area contributed by atoms with Crippen molar-refractivity contribution >= 4 is 40.8 Å². The summed E-state index contributed by atoms with van der Waals surface area (Å²) < 4.78 is 25.4. The summed E-state index contributed by atoms with van der Waals surface area (Å²) in [4.78, 5) is 35.8. The molecular weight excluding hydrogens is 461 g/mol. The van der Waals surface area contributed by atoms with Crippen molar-refractivity contribution in [2.45, 2.75) is 13.2 Å². The van der Waals surface area contributed by atoms with Crippen molar-refractivity contribution in [1.29, 1.82) is 0 Å². The fraction of sp³-hybridized carbons (Fsp3) is 0.391. The molecule has 0 aliphatic carbocycles. The number of piperazine rings is 1. The molecule has 1 atom stereocenters. The van der Waals surface area contributed by atoms with E-state index in [4.69, 9.17) is 21.7 Å². The van der Waals surface area contributed by atoms with Crippen LogP contribution in [-0.4, -0.2) is 85.1 Å². The van der Waals surface area contributed by atoms with Gasteiger partial charge < -0.3 is 19.3 Å². The first-order valence-electron chi connectivity index (χ1n) is 10.8. The SMILES string of the molecule is COC(=S)N(C)C1CN(c2ccc(N3CCN(C(=O)c4ccc(C)nc4)CC3)c(F)c2)C(=O)O1. The highest BCUT2D eigenvalue weighted by atomic mass is 32.1. The molecule has 0 N–H and O–H groups in total. The molecule has 0 bridgehead atoms. The van der Waals surface area contributed by atoms with Crippen molar-refractivity contribution in [2.75, 3.05) is 56.7 Å². The Kier molecular flexibility index (Phi) is 6.82. The van der Waals surface area contributed by atoms with Crippen LogP contribution in [0.2, 0.25) is 0 Å². The van der Waals surface area contributed by atoms with Crippen LogP contribution in [0.5, 0.6) is 0 Å². The third kappa shape index (κ3) is 4.74. The lowest BCUT2D eigenvalue weighted by Crippen LogP contribution is -2.49. The van der Waals surface area contributed by atoms with Crippen LogP contribution in [0, 0.1) is 12.7 Å². The minimum absolute atomic E-state index is 0.0806. The monoisotopic (exact) mass is 487 g/mol. The van der Waals surface area contributed by atoms with Gasteiger partial charge in [-0.25, -0.2) is 9.18 Å². The average molecular weight is 488 g/mol. The van der Waals surface area contributed by atoms with Crippen LogP contribution < -0.4 is 9.80 Å². The van der Waals surface area contributed by atoms with E-state index < -0.39 is 18.1 Å². The molecule has 1 aromatic carbocycles. The number of aryl methyl sites for hydroxylation is 1. The van der Waals surface area contributed by atoms with Crippen LogP contribution in [-0.2, 0) is 9.47 Å². The third-order valence-corrected chi connectivity index (χ3v) is 6.45. The first-order valence-corrected chi connectivity index (χ1v) is 11.2. The van der Waals surface area contributed by atoms with Gasteiger partial charge in [0.2, 0.25) is 0 Å². The zero-order chi connectivity index (χ0) is 24.4. The lowest BCUT2D eigenvalue weighted by molar-refractivity contribution is 0.0677. The lowest BCUT2D eigenvalue weighted by Gasteiger charge is -2.36. The van der Waals surface area contributed by atoms with Crippen molar-refractivity contribution in [2.24, 2.45) is 0 Å². The molecule has 2 saturated heterocycles. The van der Waals surface area contributed by atoms with Crippen LogP contribution in [0.25, 0.3) is 0 Å². The molecule has 180 valence electrons. The van der Waals surface area contributed by atoms with Crippen LogP contribution in [0.3, 0.4) is 0 Å². The Labute approximate surface area is 202 Å². The second-order valence-corrected chi connectivity index (χ2v) is 8.48. The van der Waals surface area contributed by atoms with Gasteiger partial charge in [-0.2, -0.15) is 0 Å². The molecule has 1 aromatic heterocycles. The smallest absolute Gasteiger partial charge is 0.416 e. The maximum Gasteiger partial charge on any atom is 0.416 e. The molecular formula is C23H26FN5O4S. The number of pyridine rings is 1. The predicted molar refractivity (Wildman–Crippen MR) is 128 cm³/mol. The van der Waals surface area contributed by atoms with Crippen molar-refractivity contribution in [3.05, 3.63) is 53.6 Å². The van der Waals surface area contributed by atoms with Crippen molar-refractivity contribution in [1.82, 2.24) is 14.8 Å². The van der Waals surface area contributed by atoms with Gasteiger partial charge in [0.25, 0.3) is 11.1 Å². The van der Waals surface area contributed by atoms with Gasteiger partial charge in [-0.3, -0.25) is 19.6 Å². The van der Waals surface area contributed by atoms with Crippen LogP contribution >= 0.6 is 12.2 Å². The van der Waals surface area contributed by atoms with Gasteiger partial charge in [0, 0.05) is 45.1 Å². The van der Waals surface area contributed by atoms with Crippen LogP contribution in [0.1, 0.15) is 16.1 Å². The number of aromatic nitrogens is 1. The Hall–Kier alpha value is -3.47. The molecule has 0 spiro atoms. The summed E-state index contributed by atoms with van der Waals surface area (Å²) in [5.41, 5.74) is 2.21. The molecule has 2 aromatic rings. The van der Waals surface area contributed by atoms with E-state index in [1.54, 1.807) is 36.3 Å². The van der Waals surface area contributed by atoms with E-state index in [-0.39, 0.29) is 17.6 Å². The summed E-state index contributed by atoms with van der Waals surface area (Å²) in [5.74, 6) is -0.528. The number of anilines is 2. The number of thiocarbonyl (C=S) groups is 1. The average Bonchev–Trinajstić information content (AvgIpc) is 3.24. The van der Waals surface area contributed by atoms with E-state index >= 15 is 4.39 Å². The number of ether oxygens (including phenoxy) is 2. The van der Waals surface area contributed by atoms with Gasteiger partial charge in [-0.1, -0.05) is 0 Å². The summed E-state index contributed by atoms with van der Waals surface area (Å²) in [6.45, 7) is 3.99. The Balaban J connectivity index is 1.39. The van der Waals surface area contributed by atoms with Gasteiger partial charge >= 0.3 is 6.09 Å². The van der Waals surface area contributed by atoms with Crippen LogP contribution in [0.4, 0.5) is 20.6 Å². The summed E-state index contributed by atoms with van der Waals surface area (Å²) in [6, 6.07) is 8.23. The number of methoxy groups -OCH3 is 1. The van der Waals surface area contributed by atoms with Gasteiger partial charge in [-0.15, -0.1) is 0 Å². The number of carbonyl (C=O) groups excluding carboxylic acids is 2. The van der Waals surface area contributed by atoms with Gasteiger partial charge in [0.15, 0.2) is 6.23 Å². The number of rotatable bonds is 4. The molecule has 2 aliphatic heterocycles. The van der Waals surface area contributed by atoms with E-state index in [9.17, 15) is 9.59 Å². The normalized spacial score (nSPS) is 18.1. The fourth-order valence-corrected chi connectivity index (χ4v) is 4.09. The Morgan fingerprint density at radius 3 is 2.59 bits per heavy atom. The van der Waals surface area contributed by atoms with Gasteiger partial charge in [0.1, 0.15) is 5.82 Å². The van der Waals surface area contributed by atoms with Gasteiger partial charge in [0.05, 0.1) is 30.6 Å². The Morgan fingerprint density at radius 1 is 1.24 bits per heavy atom. The molecule has 4 rings (SSSR count). The second-order valence-electron chi connectivity index (χ2n) is 8.13. The number of carbonyl (C=O) groups is 2. The highest BCUT2D eigenvalue weighted by molar-refractivity contribution is 7.80. The maximum atomic E-state index is 15.1. The zero-order valence-electron chi connectivity index (χ0n) is 19.2. The standard InChI is InChI=1S/C23H26FN5O4S/c1-15-4-5-16(13-25-15)21(30)28-10-8-27(9-11-28)19-7-6-17(12-18(19)24)29-14-20(33-22(29)31)26(2)23(34)32-3/h4-7,12-13,20H,8-11,14H2,1-3H3. The summed E-state index contributed by atoms with van der Waals surface area (Å²) in [5, 5.41) is 0.192.